The maximum atomic E-state index is 13.8. The third-order valence-corrected chi connectivity index (χ3v) is 7.55. The van der Waals surface area contributed by atoms with Gasteiger partial charge in [-0.25, -0.2) is 9.55 Å². The summed E-state index contributed by atoms with van der Waals surface area (Å²) in [7, 11) is -4.27. The molecule has 1 aliphatic heterocycles. The highest BCUT2D eigenvalue weighted by Gasteiger charge is 2.50. The summed E-state index contributed by atoms with van der Waals surface area (Å²) in [6.45, 7) is 4.26. The number of carbonyl (C=O) groups excluding carboxylic acids is 1. The molecule has 4 rings (SSSR count). The summed E-state index contributed by atoms with van der Waals surface area (Å²) in [5.41, 5.74) is 4.70. The molecule has 0 amide bonds. The zero-order valence-electron chi connectivity index (χ0n) is 21.4. The first-order valence-corrected chi connectivity index (χ1v) is 13.8. The topological polar surface area (TPSA) is 173 Å². The van der Waals surface area contributed by atoms with Gasteiger partial charge >= 0.3 is 13.7 Å². The first-order chi connectivity index (χ1) is 18.4. The van der Waals surface area contributed by atoms with Crippen LogP contribution in [-0.2, 0) is 23.4 Å². The van der Waals surface area contributed by atoms with E-state index in [1.54, 1.807) is 44.2 Å². The van der Waals surface area contributed by atoms with Crippen molar-refractivity contribution in [3.63, 3.8) is 0 Å². The van der Waals surface area contributed by atoms with Crippen molar-refractivity contribution in [1.29, 1.82) is 0 Å². The highest BCUT2D eigenvalue weighted by molar-refractivity contribution is 7.52. The number of halogens is 1. The van der Waals surface area contributed by atoms with Crippen LogP contribution in [0.2, 0.25) is 5.28 Å². The Labute approximate surface area is 229 Å². The molecule has 5 atom stereocenters. The summed E-state index contributed by atoms with van der Waals surface area (Å²) in [4.78, 5) is 24.6. The number of nitrogen functional groups attached to an aromatic ring is 1. The first-order valence-electron chi connectivity index (χ1n) is 11.9. The molecule has 13 nitrogen and oxygen atoms in total. The molecule has 0 unspecified atom stereocenters. The van der Waals surface area contributed by atoms with Crippen LogP contribution in [0.4, 0.5) is 5.82 Å². The number of imidazole rings is 1. The number of aliphatic hydroxyl groups is 1. The van der Waals surface area contributed by atoms with E-state index < -0.39 is 50.4 Å². The van der Waals surface area contributed by atoms with Crippen molar-refractivity contribution in [3.05, 3.63) is 41.9 Å². The van der Waals surface area contributed by atoms with E-state index in [0.717, 1.165) is 0 Å². The van der Waals surface area contributed by atoms with Gasteiger partial charge in [-0.05, 0) is 44.5 Å². The molecule has 39 heavy (non-hydrogen) atoms. The van der Waals surface area contributed by atoms with Gasteiger partial charge in [0.05, 0.1) is 12.4 Å². The van der Waals surface area contributed by atoms with Gasteiger partial charge in [0.1, 0.15) is 36.2 Å². The van der Waals surface area contributed by atoms with Crippen molar-refractivity contribution in [2.75, 3.05) is 12.3 Å². The standard InChI is InChI=1S/C24H28ClN6O7P/c1-5-24(17(32)11-18(37-24)31-13-27-19-20(26)28-23(25)29-21(19)31)12-35-39(34,38-16-9-7-6-8-10-16)30-15(4)22(33)36-14(2)3/h1,6-10,13-15,17-18,32H,11-12H2,2-4H3,(H,30,34)(H2,26,28,29)/t15-,17-,18+,24+,39-/m0/s1. The Morgan fingerprint density at radius 3 is 2.77 bits per heavy atom. The second-order valence-electron chi connectivity index (χ2n) is 9.07. The summed E-state index contributed by atoms with van der Waals surface area (Å²) in [6.07, 6.45) is 4.71. The largest absolute Gasteiger partial charge is 0.462 e. The van der Waals surface area contributed by atoms with Crippen LogP contribution < -0.4 is 15.3 Å². The number of anilines is 1. The molecule has 3 aromatic rings. The third kappa shape index (κ3) is 6.33. The predicted octanol–water partition coefficient (Wildman–Crippen LogP) is 2.85. The highest BCUT2D eigenvalue weighted by Crippen LogP contribution is 2.48. The number of hydrogen-bond acceptors (Lipinski definition) is 11. The molecule has 0 saturated carbocycles. The molecule has 3 heterocycles. The number of ether oxygens (including phenoxy) is 2. The van der Waals surface area contributed by atoms with Crippen LogP contribution in [0.1, 0.15) is 33.4 Å². The van der Waals surface area contributed by atoms with Gasteiger partial charge in [0.2, 0.25) is 5.28 Å². The van der Waals surface area contributed by atoms with Crippen molar-refractivity contribution < 1.29 is 33.0 Å². The number of nitrogens with two attached hydrogens (primary N) is 1. The van der Waals surface area contributed by atoms with E-state index in [1.165, 1.54) is 17.8 Å². The summed E-state index contributed by atoms with van der Waals surface area (Å²) in [5.74, 6) is 2.03. The Morgan fingerprint density at radius 2 is 2.10 bits per heavy atom. The van der Waals surface area contributed by atoms with E-state index in [9.17, 15) is 14.5 Å². The molecule has 2 aromatic heterocycles. The fraction of sp³-hybridized carbons (Fsp3) is 0.417. The molecule has 1 aliphatic rings. The predicted molar refractivity (Wildman–Crippen MR) is 142 cm³/mol. The number of terminal acetylenes is 1. The molecule has 1 saturated heterocycles. The summed E-state index contributed by atoms with van der Waals surface area (Å²) in [5, 5.41) is 13.4. The van der Waals surface area contributed by atoms with Gasteiger partial charge in [0.25, 0.3) is 0 Å². The van der Waals surface area contributed by atoms with E-state index >= 15 is 0 Å². The Bertz CT molecular complexity index is 1430. The normalized spacial score (nSPS) is 23.3. The van der Waals surface area contributed by atoms with Crippen LogP contribution in [0, 0.1) is 12.3 Å². The smallest absolute Gasteiger partial charge is 0.459 e. The number of nitrogens with one attached hydrogen (secondary N) is 1. The Balaban J connectivity index is 1.57. The summed E-state index contributed by atoms with van der Waals surface area (Å²) < 4.78 is 37.9. The second kappa shape index (κ2) is 11.5. The molecule has 1 aromatic carbocycles. The maximum Gasteiger partial charge on any atom is 0.459 e. The molecule has 1 fully saturated rings. The van der Waals surface area contributed by atoms with Gasteiger partial charge in [0.15, 0.2) is 17.1 Å². The van der Waals surface area contributed by atoms with Gasteiger partial charge in [-0.2, -0.15) is 15.1 Å². The molecule has 15 heteroatoms. The van der Waals surface area contributed by atoms with Crippen LogP contribution in [-0.4, -0.2) is 61.1 Å². The monoisotopic (exact) mass is 578 g/mol. The minimum Gasteiger partial charge on any atom is -0.462 e. The van der Waals surface area contributed by atoms with E-state index in [0.29, 0.717) is 5.52 Å². The summed E-state index contributed by atoms with van der Waals surface area (Å²) >= 11 is 5.96. The Morgan fingerprint density at radius 1 is 1.38 bits per heavy atom. The number of fused-ring (bicyclic) bond motifs is 1. The fourth-order valence-corrected chi connectivity index (χ4v) is 5.55. The average molecular weight is 579 g/mol. The van der Waals surface area contributed by atoms with E-state index in [-0.39, 0.29) is 28.9 Å². The van der Waals surface area contributed by atoms with Crippen molar-refractivity contribution in [3.8, 4) is 18.1 Å². The zero-order valence-corrected chi connectivity index (χ0v) is 23.0. The van der Waals surface area contributed by atoms with Crippen LogP contribution in [0.3, 0.4) is 0 Å². The van der Waals surface area contributed by atoms with Crippen LogP contribution in [0.5, 0.6) is 5.75 Å². The molecule has 0 radical (unpaired) electrons. The number of rotatable bonds is 10. The van der Waals surface area contributed by atoms with Gasteiger partial charge in [-0.1, -0.05) is 24.1 Å². The minimum atomic E-state index is -4.27. The van der Waals surface area contributed by atoms with Crippen molar-refractivity contribution in [2.24, 2.45) is 0 Å². The number of hydrogen-bond donors (Lipinski definition) is 3. The molecule has 0 aliphatic carbocycles. The number of aliphatic hydroxyl groups excluding tert-OH is 1. The lowest BCUT2D eigenvalue weighted by Crippen LogP contribution is -2.44. The number of aromatic nitrogens is 4. The quantitative estimate of drug-likeness (QED) is 0.139. The molecule has 208 valence electrons. The van der Waals surface area contributed by atoms with Crippen molar-refractivity contribution in [2.45, 2.75) is 57.3 Å². The summed E-state index contributed by atoms with van der Waals surface area (Å²) in [6, 6.07) is 7.14. The van der Waals surface area contributed by atoms with Crippen LogP contribution in [0.25, 0.3) is 11.2 Å². The van der Waals surface area contributed by atoms with Gasteiger partial charge in [0, 0.05) is 6.42 Å². The van der Waals surface area contributed by atoms with E-state index in [4.69, 9.17) is 42.3 Å². The lowest BCUT2D eigenvalue weighted by atomic mass is 9.99. The molecule has 0 bridgehead atoms. The maximum absolute atomic E-state index is 13.8. The van der Waals surface area contributed by atoms with Gasteiger partial charge < -0.3 is 24.8 Å². The van der Waals surface area contributed by atoms with Crippen LogP contribution in [0.15, 0.2) is 36.7 Å². The molecular formula is C24H28ClN6O7P. The Kier molecular flexibility index (Phi) is 8.46. The lowest BCUT2D eigenvalue weighted by molar-refractivity contribution is -0.149. The van der Waals surface area contributed by atoms with Crippen molar-refractivity contribution >= 4 is 42.3 Å². The minimum absolute atomic E-state index is 0.00887. The van der Waals surface area contributed by atoms with Crippen LogP contribution >= 0.6 is 19.3 Å². The average Bonchev–Trinajstić information content (AvgIpc) is 3.44. The van der Waals surface area contributed by atoms with Gasteiger partial charge in [-0.3, -0.25) is 13.9 Å². The number of para-hydroxylation sites is 1. The lowest BCUT2D eigenvalue weighted by Gasteiger charge is -2.29. The van der Waals surface area contributed by atoms with E-state index in [1.807, 2.05) is 0 Å². The number of nitrogens with zero attached hydrogens (tertiary/aromatic N) is 4. The highest BCUT2D eigenvalue weighted by atomic mass is 35.5. The third-order valence-electron chi connectivity index (χ3n) is 5.76. The SMILES string of the molecule is C#C[C@]1(CO[P@@](=O)(N[C@@H](C)C(=O)OC(C)C)Oc2ccccc2)O[C@@H](n2cnc3c(N)nc(Cl)nc32)C[C@@H]1O. The Hall–Kier alpha value is -3.24. The number of benzene rings is 1. The van der Waals surface area contributed by atoms with Gasteiger partial charge in [-0.15, -0.1) is 6.42 Å². The molecule has 4 N–H and O–H groups in total. The number of carbonyl (C=O) groups is 1. The zero-order chi connectivity index (χ0) is 28.4. The fourth-order valence-electron chi connectivity index (χ4n) is 3.86. The molecule has 0 spiro atoms. The van der Waals surface area contributed by atoms with E-state index in [2.05, 4.69) is 26.0 Å². The number of esters is 1. The first kappa shape index (κ1) is 28.8. The second-order valence-corrected chi connectivity index (χ2v) is 11.1. The molecular weight excluding hydrogens is 551 g/mol. The van der Waals surface area contributed by atoms with Crippen molar-refractivity contribution in [1.82, 2.24) is 24.6 Å².